The van der Waals surface area contributed by atoms with Crippen LogP contribution in [0, 0.1) is 0 Å². The second-order valence-corrected chi connectivity index (χ2v) is 5.64. The average Bonchev–Trinajstić information content (AvgIpc) is 2.44. The predicted molar refractivity (Wildman–Crippen MR) is 66.9 cm³/mol. The van der Waals surface area contributed by atoms with Gasteiger partial charge in [0.15, 0.2) is 0 Å². The molecule has 0 spiro atoms. The van der Waals surface area contributed by atoms with E-state index in [4.69, 9.17) is 4.74 Å². The van der Waals surface area contributed by atoms with Crippen molar-refractivity contribution >= 4 is 39.3 Å². The lowest BCUT2D eigenvalue weighted by Crippen LogP contribution is -2.22. The third-order valence-electron chi connectivity index (χ3n) is 1.45. The average molecular weight is 289 g/mol. The van der Waals surface area contributed by atoms with Gasteiger partial charge in [-0.3, -0.25) is 0 Å². The van der Waals surface area contributed by atoms with Gasteiger partial charge in [-0.05, 0) is 53.7 Å². The number of rotatable bonds is 2. The fourth-order valence-corrected chi connectivity index (χ4v) is 2.30. The molecule has 2 nitrogen and oxygen atoms in total. The third kappa shape index (κ3) is 4.62. The minimum Gasteiger partial charge on any atom is -0.457 e. The van der Waals surface area contributed by atoms with E-state index in [1.165, 1.54) is 6.08 Å². The van der Waals surface area contributed by atoms with Crippen molar-refractivity contribution in [2.45, 2.75) is 26.4 Å². The quantitative estimate of drug-likeness (QED) is 0.610. The molecule has 0 unspecified atom stereocenters. The van der Waals surface area contributed by atoms with Crippen molar-refractivity contribution in [3.63, 3.8) is 0 Å². The van der Waals surface area contributed by atoms with Crippen LogP contribution < -0.4 is 0 Å². The van der Waals surface area contributed by atoms with Gasteiger partial charge in [0.25, 0.3) is 0 Å². The first-order valence-electron chi connectivity index (χ1n) is 4.51. The molecule has 0 bridgehead atoms. The number of thiophene rings is 1. The molecule has 0 saturated carbocycles. The number of hydrogen-bond donors (Lipinski definition) is 0. The Morgan fingerprint density at radius 3 is 2.60 bits per heavy atom. The Morgan fingerprint density at radius 1 is 1.47 bits per heavy atom. The fraction of sp³-hybridized carbons (Fsp3) is 0.364. The van der Waals surface area contributed by atoms with Gasteiger partial charge in [0, 0.05) is 15.9 Å². The standard InChI is InChI=1S/C11H13BrO2S/c1-11(2,3)14-10(13)5-4-8-6-15-7-9(8)12/h4-7H,1-3H3/b5-4+. The summed E-state index contributed by atoms with van der Waals surface area (Å²) in [5.74, 6) is -0.319. The topological polar surface area (TPSA) is 26.3 Å². The molecule has 0 amide bonds. The Balaban J connectivity index is 2.59. The zero-order valence-corrected chi connectivity index (χ0v) is 11.3. The van der Waals surface area contributed by atoms with Gasteiger partial charge in [0.2, 0.25) is 0 Å². The van der Waals surface area contributed by atoms with E-state index >= 15 is 0 Å². The first-order chi connectivity index (χ1) is 6.88. The van der Waals surface area contributed by atoms with Crippen LogP contribution in [0.4, 0.5) is 0 Å². The molecule has 0 aromatic carbocycles. The van der Waals surface area contributed by atoms with Crippen molar-refractivity contribution in [1.29, 1.82) is 0 Å². The summed E-state index contributed by atoms with van der Waals surface area (Å²) in [7, 11) is 0. The highest BCUT2D eigenvalue weighted by atomic mass is 79.9. The predicted octanol–water partition coefficient (Wildman–Crippen LogP) is 3.87. The molecule has 0 aliphatic rings. The van der Waals surface area contributed by atoms with E-state index in [-0.39, 0.29) is 5.97 Å². The molecule has 82 valence electrons. The maximum absolute atomic E-state index is 11.3. The normalized spacial score (nSPS) is 12.0. The summed E-state index contributed by atoms with van der Waals surface area (Å²) in [6, 6.07) is 0. The van der Waals surface area contributed by atoms with Crippen LogP contribution in [-0.2, 0) is 9.53 Å². The minimum atomic E-state index is -0.437. The van der Waals surface area contributed by atoms with Gasteiger partial charge in [0.1, 0.15) is 5.60 Å². The first kappa shape index (κ1) is 12.5. The van der Waals surface area contributed by atoms with Gasteiger partial charge in [-0.1, -0.05) is 0 Å². The Hall–Kier alpha value is -0.610. The number of esters is 1. The molecule has 1 rings (SSSR count). The van der Waals surface area contributed by atoms with Gasteiger partial charge in [0.05, 0.1) is 0 Å². The van der Waals surface area contributed by atoms with E-state index in [1.54, 1.807) is 17.4 Å². The minimum absolute atomic E-state index is 0.319. The van der Waals surface area contributed by atoms with Crippen LogP contribution in [0.15, 0.2) is 21.3 Å². The smallest absolute Gasteiger partial charge is 0.331 e. The molecule has 0 aliphatic carbocycles. The lowest BCUT2D eigenvalue weighted by atomic mass is 10.2. The van der Waals surface area contributed by atoms with Crippen LogP contribution >= 0.6 is 27.3 Å². The first-order valence-corrected chi connectivity index (χ1v) is 6.25. The summed E-state index contributed by atoms with van der Waals surface area (Å²) in [5, 5.41) is 3.93. The summed E-state index contributed by atoms with van der Waals surface area (Å²) in [6.07, 6.45) is 3.19. The van der Waals surface area contributed by atoms with Crippen molar-refractivity contribution in [3.8, 4) is 0 Å². The van der Waals surface area contributed by atoms with E-state index in [0.29, 0.717) is 0 Å². The van der Waals surface area contributed by atoms with Crippen molar-refractivity contribution in [2.24, 2.45) is 0 Å². The van der Waals surface area contributed by atoms with Crippen LogP contribution in [0.25, 0.3) is 6.08 Å². The number of carbonyl (C=O) groups excluding carboxylic acids is 1. The third-order valence-corrected chi connectivity index (χ3v) is 3.20. The molecular weight excluding hydrogens is 276 g/mol. The zero-order valence-electron chi connectivity index (χ0n) is 8.91. The Labute approximate surface area is 102 Å². The number of hydrogen-bond acceptors (Lipinski definition) is 3. The van der Waals surface area contributed by atoms with E-state index in [0.717, 1.165) is 10.0 Å². The SMILES string of the molecule is CC(C)(C)OC(=O)/C=C/c1cscc1Br. The number of halogens is 1. The fourth-order valence-electron chi connectivity index (χ4n) is 0.904. The van der Waals surface area contributed by atoms with Gasteiger partial charge < -0.3 is 4.74 Å². The molecule has 1 heterocycles. The highest BCUT2D eigenvalue weighted by Crippen LogP contribution is 2.22. The van der Waals surface area contributed by atoms with E-state index < -0.39 is 5.60 Å². The lowest BCUT2D eigenvalue weighted by Gasteiger charge is -2.17. The van der Waals surface area contributed by atoms with Crippen molar-refractivity contribution in [2.75, 3.05) is 0 Å². The molecule has 0 aliphatic heterocycles. The Kier molecular flexibility index (Phi) is 4.11. The van der Waals surface area contributed by atoms with Crippen molar-refractivity contribution in [1.82, 2.24) is 0 Å². The van der Waals surface area contributed by atoms with E-state index in [9.17, 15) is 4.79 Å². The zero-order chi connectivity index (χ0) is 11.5. The highest BCUT2D eigenvalue weighted by Gasteiger charge is 2.13. The summed E-state index contributed by atoms with van der Waals surface area (Å²) >= 11 is 4.97. The van der Waals surface area contributed by atoms with Crippen LogP contribution in [0.2, 0.25) is 0 Å². The molecule has 1 aromatic heterocycles. The summed E-state index contributed by atoms with van der Waals surface area (Å²) in [5.41, 5.74) is 0.554. The van der Waals surface area contributed by atoms with E-state index in [1.807, 2.05) is 31.5 Å². The van der Waals surface area contributed by atoms with Gasteiger partial charge in [-0.2, -0.15) is 11.3 Å². The molecule has 15 heavy (non-hydrogen) atoms. The van der Waals surface area contributed by atoms with Crippen LogP contribution in [0.3, 0.4) is 0 Å². The van der Waals surface area contributed by atoms with Crippen molar-refractivity contribution < 1.29 is 9.53 Å². The second kappa shape index (κ2) is 4.94. The van der Waals surface area contributed by atoms with Crippen molar-refractivity contribution in [3.05, 3.63) is 26.9 Å². The maximum atomic E-state index is 11.3. The maximum Gasteiger partial charge on any atom is 0.331 e. The summed E-state index contributed by atoms with van der Waals surface area (Å²) < 4.78 is 6.13. The molecule has 0 atom stereocenters. The molecule has 0 saturated heterocycles. The van der Waals surface area contributed by atoms with Crippen LogP contribution in [0.1, 0.15) is 26.3 Å². The summed E-state index contributed by atoms with van der Waals surface area (Å²) in [6.45, 7) is 5.54. The molecule has 0 fully saturated rings. The number of ether oxygens (including phenoxy) is 1. The lowest BCUT2D eigenvalue weighted by molar-refractivity contribution is -0.148. The van der Waals surface area contributed by atoms with Crippen LogP contribution in [0.5, 0.6) is 0 Å². The monoisotopic (exact) mass is 288 g/mol. The highest BCUT2D eigenvalue weighted by molar-refractivity contribution is 9.10. The van der Waals surface area contributed by atoms with E-state index in [2.05, 4.69) is 15.9 Å². The number of carbonyl (C=O) groups is 1. The molecular formula is C11H13BrO2S. The molecule has 1 aromatic rings. The second-order valence-electron chi connectivity index (χ2n) is 4.04. The van der Waals surface area contributed by atoms with Gasteiger partial charge >= 0.3 is 5.97 Å². The molecule has 0 N–H and O–H groups in total. The largest absolute Gasteiger partial charge is 0.457 e. The van der Waals surface area contributed by atoms with Gasteiger partial charge in [-0.15, -0.1) is 0 Å². The Bertz CT molecular complexity index is 374. The Morgan fingerprint density at radius 2 is 2.13 bits per heavy atom. The molecule has 4 heteroatoms. The van der Waals surface area contributed by atoms with Crippen LogP contribution in [-0.4, -0.2) is 11.6 Å². The summed E-state index contributed by atoms with van der Waals surface area (Å²) in [4.78, 5) is 11.3. The molecule has 0 radical (unpaired) electrons. The van der Waals surface area contributed by atoms with Gasteiger partial charge in [-0.25, -0.2) is 4.79 Å².